The Labute approximate surface area is 157 Å². The van der Waals surface area contributed by atoms with Crippen molar-refractivity contribution in [2.45, 2.75) is 93.3 Å². The van der Waals surface area contributed by atoms with Crippen LogP contribution in [0.2, 0.25) is 0 Å². The Morgan fingerprint density at radius 2 is 1.38 bits per heavy atom. The number of esters is 2. The molecule has 0 bridgehead atoms. The third kappa shape index (κ3) is 8.45. The summed E-state index contributed by atoms with van der Waals surface area (Å²) in [5.74, 6) is -1.70. The predicted octanol–water partition coefficient (Wildman–Crippen LogP) is 4.69. The lowest BCUT2D eigenvalue weighted by Gasteiger charge is -2.17. The van der Waals surface area contributed by atoms with Crippen LogP contribution in [0.4, 0.5) is 0 Å². The molecule has 0 aliphatic carbocycles. The smallest absolute Gasteiger partial charge is 0.379 e. The topological polar surface area (TPSA) is 69.7 Å². The fourth-order valence-corrected chi connectivity index (χ4v) is 2.49. The van der Waals surface area contributed by atoms with Crippen LogP contribution in [-0.4, -0.2) is 29.9 Å². The third-order valence-electron chi connectivity index (χ3n) is 4.63. The summed E-state index contributed by atoms with van der Waals surface area (Å²) >= 11 is 0. The molecule has 0 aliphatic heterocycles. The van der Waals surface area contributed by atoms with Crippen LogP contribution in [0, 0.1) is 0 Å². The van der Waals surface area contributed by atoms with Gasteiger partial charge in [0, 0.05) is 12.5 Å². The first kappa shape index (κ1) is 24.1. The number of allylic oxidation sites excluding steroid dienone is 3. The van der Waals surface area contributed by atoms with E-state index in [9.17, 15) is 14.4 Å². The summed E-state index contributed by atoms with van der Waals surface area (Å²) in [6.07, 6.45) is 2.35. The molecule has 0 saturated heterocycles. The van der Waals surface area contributed by atoms with Gasteiger partial charge < -0.3 is 9.47 Å². The van der Waals surface area contributed by atoms with Gasteiger partial charge in [-0.15, -0.1) is 0 Å². The molecule has 0 radical (unpaired) electrons. The average Bonchev–Trinajstić information content (AvgIpc) is 2.57. The summed E-state index contributed by atoms with van der Waals surface area (Å²) in [6.45, 7) is 14.5. The minimum Gasteiger partial charge on any atom is -0.463 e. The van der Waals surface area contributed by atoms with Gasteiger partial charge in [0.25, 0.3) is 5.78 Å². The molecule has 0 N–H and O–H groups in total. The lowest BCUT2D eigenvalue weighted by Crippen LogP contribution is -2.24. The number of hydrogen-bond donors (Lipinski definition) is 0. The molecule has 0 spiro atoms. The highest BCUT2D eigenvalue weighted by Crippen LogP contribution is 2.19. The van der Waals surface area contributed by atoms with E-state index < -0.39 is 11.8 Å². The average molecular weight is 366 g/mol. The van der Waals surface area contributed by atoms with E-state index in [1.165, 1.54) is 6.92 Å². The van der Waals surface area contributed by atoms with Crippen molar-refractivity contribution in [2.75, 3.05) is 0 Å². The first-order valence-electron chi connectivity index (χ1n) is 9.25. The second-order valence-corrected chi connectivity index (χ2v) is 6.99. The summed E-state index contributed by atoms with van der Waals surface area (Å²) in [5, 5.41) is 0. The van der Waals surface area contributed by atoms with Gasteiger partial charge >= 0.3 is 11.9 Å². The molecule has 0 fully saturated rings. The van der Waals surface area contributed by atoms with Crippen molar-refractivity contribution < 1.29 is 23.9 Å². The zero-order chi connectivity index (χ0) is 20.4. The van der Waals surface area contributed by atoms with Crippen LogP contribution in [0.5, 0.6) is 0 Å². The lowest BCUT2D eigenvalue weighted by molar-refractivity contribution is -0.156. The van der Waals surface area contributed by atoms with E-state index >= 15 is 0 Å². The summed E-state index contributed by atoms with van der Waals surface area (Å²) < 4.78 is 10.5. The minimum atomic E-state index is -0.817. The van der Waals surface area contributed by atoms with Gasteiger partial charge in [-0.05, 0) is 78.4 Å². The molecule has 0 aromatic rings. The fourth-order valence-electron chi connectivity index (χ4n) is 2.49. The Hall–Kier alpha value is -1.91. The lowest BCUT2D eigenvalue weighted by atomic mass is 9.98. The van der Waals surface area contributed by atoms with Crippen LogP contribution in [0.15, 0.2) is 22.3 Å². The molecular weight excluding hydrogens is 332 g/mol. The Balaban J connectivity index is 4.63. The second-order valence-electron chi connectivity index (χ2n) is 6.99. The van der Waals surface area contributed by atoms with Gasteiger partial charge in [-0.1, -0.05) is 12.5 Å². The van der Waals surface area contributed by atoms with E-state index in [0.29, 0.717) is 18.4 Å². The number of hydrogen-bond acceptors (Lipinski definition) is 5. The molecule has 0 aliphatic rings. The van der Waals surface area contributed by atoms with Crippen molar-refractivity contribution in [1.82, 2.24) is 0 Å². The number of carbonyl (C=O) groups excluding carboxylic acids is 3. The van der Waals surface area contributed by atoms with Crippen LogP contribution in [0.1, 0.15) is 81.1 Å². The van der Waals surface area contributed by atoms with Crippen LogP contribution in [-0.2, 0) is 23.9 Å². The molecule has 26 heavy (non-hydrogen) atoms. The maximum atomic E-state index is 12.3. The van der Waals surface area contributed by atoms with Crippen molar-refractivity contribution in [2.24, 2.45) is 0 Å². The largest absolute Gasteiger partial charge is 0.463 e. The number of ketones is 1. The molecule has 2 atom stereocenters. The summed E-state index contributed by atoms with van der Waals surface area (Å²) in [7, 11) is 0. The van der Waals surface area contributed by atoms with Crippen molar-refractivity contribution in [3.05, 3.63) is 22.3 Å². The summed E-state index contributed by atoms with van der Waals surface area (Å²) in [4.78, 5) is 35.4. The van der Waals surface area contributed by atoms with Crippen LogP contribution in [0.3, 0.4) is 0 Å². The third-order valence-corrected chi connectivity index (χ3v) is 4.63. The van der Waals surface area contributed by atoms with Crippen molar-refractivity contribution >= 4 is 17.7 Å². The highest BCUT2D eigenvalue weighted by Gasteiger charge is 2.22. The van der Waals surface area contributed by atoms with Crippen LogP contribution in [0.25, 0.3) is 0 Å². The van der Waals surface area contributed by atoms with Gasteiger partial charge in [-0.3, -0.25) is 9.59 Å². The monoisotopic (exact) mass is 366 g/mol. The number of ether oxygens (including phenoxy) is 2. The van der Waals surface area contributed by atoms with Gasteiger partial charge in [0.05, 0.1) is 6.10 Å². The first-order valence-corrected chi connectivity index (χ1v) is 9.25. The molecule has 2 unspecified atom stereocenters. The quantitative estimate of drug-likeness (QED) is 0.243. The molecule has 5 nitrogen and oxygen atoms in total. The molecule has 5 heteroatoms. The highest BCUT2D eigenvalue weighted by molar-refractivity contribution is 6.40. The number of carbonyl (C=O) groups is 3. The number of rotatable bonds is 10. The Morgan fingerprint density at radius 3 is 1.85 bits per heavy atom. The first-order chi connectivity index (χ1) is 12.0. The van der Waals surface area contributed by atoms with Crippen molar-refractivity contribution in [1.29, 1.82) is 0 Å². The SMILES string of the molecule is CCC(CCCC(C)OC(=O)C(=O)/C(C)=C(\C)C(C)=C(C)C)OC(C)=O. The fraction of sp³-hybridized carbons (Fsp3) is 0.667. The molecular formula is C21H34O5. The maximum absolute atomic E-state index is 12.3. The van der Waals surface area contributed by atoms with Crippen LogP contribution >= 0.6 is 0 Å². The van der Waals surface area contributed by atoms with Gasteiger partial charge in [0.15, 0.2) is 0 Å². The summed E-state index contributed by atoms with van der Waals surface area (Å²) in [6, 6.07) is 0. The van der Waals surface area contributed by atoms with E-state index in [0.717, 1.165) is 29.6 Å². The summed E-state index contributed by atoms with van der Waals surface area (Å²) in [5.41, 5.74) is 3.34. The Kier molecular flexibility index (Phi) is 10.8. The van der Waals surface area contributed by atoms with Gasteiger partial charge in [-0.25, -0.2) is 4.79 Å². The molecule has 0 aromatic heterocycles. The van der Waals surface area contributed by atoms with Gasteiger partial charge in [-0.2, -0.15) is 0 Å². The van der Waals surface area contributed by atoms with Gasteiger partial charge in [0.2, 0.25) is 0 Å². The van der Waals surface area contributed by atoms with E-state index in [1.807, 2.05) is 34.6 Å². The van der Waals surface area contributed by atoms with Crippen LogP contribution < -0.4 is 0 Å². The molecule has 0 saturated carbocycles. The van der Waals surface area contributed by atoms with E-state index in [-0.39, 0.29) is 18.2 Å². The van der Waals surface area contributed by atoms with E-state index in [4.69, 9.17) is 9.47 Å². The predicted molar refractivity (Wildman–Crippen MR) is 103 cm³/mol. The van der Waals surface area contributed by atoms with Crippen molar-refractivity contribution in [3.8, 4) is 0 Å². The zero-order valence-electron chi connectivity index (χ0n) is 17.5. The molecule has 0 rings (SSSR count). The normalized spacial score (nSPS) is 14.0. The molecule has 148 valence electrons. The zero-order valence-corrected chi connectivity index (χ0v) is 17.5. The molecule has 0 heterocycles. The number of Topliss-reactive ketones (excluding diaryl/α,β-unsaturated/α-hetero) is 1. The van der Waals surface area contributed by atoms with Gasteiger partial charge in [0.1, 0.15) is 6.10 Å². The molecule has 0 aromatic carbocycles. The van der Waals surface area contributed by atoms with Crippen molar-refractivity contribution in [3.63, 3.8) is 0 Å². The molecule has 0 amide bonds. The maximum Gasteiger partial charge on any atom is 0.379 e. The standard InChI is InChI=1S/C21H34O5/c1-9-19(26-18(8)22)12-10-11-14(4)25-21(24)20(23)17(7)16(6)15(5)13(2)3/h14,19H,9-12H2,1-8H3/b17-16+. The Morgan fingerprint density at radius 1 is 0.808 bits per heavy atom. The second kappa shape index (κ2) is 11.7. The van der Waals surface area contributed by atoms with E-state index in [1.54, 1.807) is 13.8 Å². The van der Waals surface area contributed by atoms with E-state index in [2.05, 4.69) is 0 Å². The highest BCUT2D eigenvalue weighted by atomic mass is 16.5. The Bertz CT molecular complexity index is 579. The minimum absolute atomic E-state index is 0.114.